The fourth-order valence-corrected chi connectivity index (χ4v) is 4.54. The molecule has 0 fully saturated rings. The maximum Gasteiger partial charge on any atom is 0.255 e. The summed E-state index contributed by atoms with van der Waals surface area (Å²) in [6, 6.07) is 19.8. The largest absolute Gasteiger partial charge is 0.497 e. The summed E-state index contributed by atoms with van der Waals surface area (Å²) >= 11 is 6.29. The van der Waals surface area contributed by atoms with Crippen molar-refractivity contribution in [2.75, 3.05) is 24.9 Å². The van der Waals surface area contributed by atoms with Crippen LogP contribution >= 0.6 is 11.6 Å². The molecule has 1 aliphatic rings. The van der Waals surface area contributed by atoms with Crippen LogP contribution in [0.15, 0.2) is 84.3 Å². The first kappa shape index (κ1) is 25.2. The molecule has 0 aliphatic carbocycles. The van der Waals surface area contributed by atoms with Crippen LogP contribution in [0.1, 0.15) is 24.1 Å². The number of fused-ring (bicyclic) bond motifs is 1. The first-order valence-corrected chi connectivity index (χ1v) is 12.2. The molecule has 194 valence electrons. The quantitative estimate of drug-likeness (QED) is 0.311. The van der Waals surface area contributed by atoms with E-state index >= 15 is 0 Å². The third-order valence-electron chi connectivity index (χ3n) is 6.22. The van der Waals surface area contributed by atoms with Gasteiger partial charge in [0.2, 0.25) is 5.95 Å². The molecule has 0 saturated carbocycles. The second kappa shape index (κ2) is 10.9. The molecule has 1 amide bonds. The monoisotopic (exact) mass is 531 g/mol. The van der Waals surface area contributed by atoms with E-state index in [0.717, 1.165) is 11.1 Å². The Kier molecular flexibility index (Phi) is 7.19. The highest BCUT2D eigenvalue weighted by Crippen LogP contribution is 2.37. The van der Waals surface area contributed by atoms with Crippen LogP contribution in [-0.2, 0) is 11.4 Å². The van der Waals surface area contributed by atoms with Gasteiger partial charge in [0, 0.05) is 22.3 Å². The summed E-state index contributed by atoms with van der Waals surface area (Å²) < 4.78 is 18.5. The van der Waals surface area contributed by atoms with Gasteiger partial charge in [-0.25, -0.2) is 4.68 Å². The predicted octanol–water partition coefficient (Wildman–Crippen LogP) is 5.46. The molecule has 1 aliphatic heterocycles. The number of carbonyl (C=O) groups excluding carboxylic acids is 1. The highest BCUT2D eigenvalue weighted by Gasteiger charge is 2.34. The molecule has 5 rings (SSSR count). The van der Waals surface area contributed by atoms with Gasteiger partial charge >= 0.3 is 0 Å². The Balaban J connectivity index is 1.48. The van der Waals surface area contributed by atoms with Crippen molar-refractivity contribution in [3.8, 4) is 17.2 Å². The van der Waals surface area contributed by atoms with E-state index in [1.165, 1.54) is 6.33 Å². The summed E-state index contributed by atoms with van der Waals surface area (Å²) in [5, 5.41) is 11.2. The summed E-state index contributed by atoms with van der Waals surface area (Å²) in [5.74, 6) is 1.94. The molecule has 0 unspecified atom stereocenters. The van der Waals surface area contributed by atoms with Crippen molar-refractivity contribution in [2.45, 2.75) is 19.6 Å². The minimum atomic E-state index is -0.561. The predicted molar refractivity (Wildman–Crippen MR) is 145 cm³/mol. The minimum absolute atomic E-state index is 0.307. The normalized spacial score (nSPS) is 14.4. The van der Waals surface area contributed by atoms with Gasteiger partial charge in [-0.15, -0.1) is 0 Å². The maximum absolute atomic E-state index is 13.8. The number of aromatic nitrogens is 3. The first-order chi connectivity index (χ1) is 18.5. The Morgan fingerprint density at radius 2 is 1.89 bits per heavy atom. The van der Waals surface area contributed by atoms with Crippen LogP contribution in [0, 0.1) is 0 Å². The van der Waals surface area contributed by atoms with Crippen LogP contribution in [0.4, 0.5) is 11.6 Å². The van der Waals surface area contributed by atoms with E-state index in [-0.39, 0.29) is 5.91 Å². The maximum atomic E-state index is 13.8. The number of carbonyl (C=O) groups is 1. The van der Waals surface area contributed by atoms with E-state index in [4.69, 9.17) is 25.8 Å². The van der Waals surface area contributed by atoms with E-state index in [0.29, 0.717) is 51.8 Å². The zero-order chi connectivity index (χ0) is 26.6. The van der Waals surface area contributed by atoms with Crippen molar-refractivity contribution in [3.63, 3.8) is 0 Å². The van der Waals surface area contributed by atoms with Crippen molar-refractivity contribution < 1.29 is 19.0 Å². The van der Waals surface area contributed by atoms with Crippen LogP contribution in [0.3, 0.4) is 0 Å². The molecular weight excluding hydrogens is 506 g/mol. The number of nitrogens with zero attached hydrogens (tertiary/aromatic N) is 3. The van der Waals surface area contributed by atoms with Gasteiger partial charge in [0.05, 0.1) is 25.5 Å². The molecule has 3 aromatic carbocycles. The lowest BCUT2D eigenvalue weighted by molar-refractivity contribution is -0.113. The Labute approximate surface area is 225 Å². The number of methoxy groups -OCH3 is 2. The van der Waals surface area contributed by atoms with Crippen molar-refractivity contribution in [1.82, 2.24) is 14.8 Å². The number of hydrogen-bond acceptors (Lipinski definition) is 7. The molecular formula is C28H26ClN5O4. The van der Waals surface area contributed by atoms with Crippen molar-refractivity contribution in [2.24, 2.45) is 0 Å². The van der Waals surface area contributed by atoms with Crippen LogP contribution < -0.4 is 24.8 Å². The number of hydrogen-bond donors (Lipinski definition) is 2. The average molecular weight is 532 g/mol. The second-order valence-electron chi connectivity index (χ2n) is 8.57. The van der Waals surface area contributed by atoms with Gasteiger partial charge < -0.3 is 24.8 Å². The minimum Gasteiger partial charge on any atom is -0.497 e. The molecule has 9 nitrogen and oxygen atoms in total. The van der Waals surface area contributed by atoms with E-state index in [2.05, 4.69) is 20.7 Å². The average Bonchev–Trinajstić information content (AvgIpc) is 3.40. The SMILES string of the molecule is COc1ccc(OC)c(NC(=O)C2=C(C)Nc3ncnn3[C@@H]2c2cccc(OCc3ccccc3Cl)c2)c1. The number of nitrogens with one attached hydrogen (secondary N) is 2. The van der Waals surface area contributed by atoms with Crippen LogP contribution in [-0.4, -0.2) is 34.9 Å². The number of ether oxygens (including phenoxy) is 3. The molecule has 0 radical (unpaired) electrons. The summed E-state index contributed by atoms with van der Waals surface area (Å²) in [6.45, 7) is 2.14. The number of benzene rings is 3. The highest BCUT2D eigenvalue weighted by atomic mass is 35.5. The number of rotatable bonds is 8. The van der Waals surface area contributed by atoms with E-state index in [9.17, 15) is 4.79 Å². The summed E-state index contributed by atoms with van der Waals surface area (Å²) in [5.41, 5.74) is 3.28. The van der Waals surface area contributed by atoms with E-state index in [1.54, 1.807) is 37.1 Å². The Morgan fingerprint density at radius 3 is 2.68 bits per heavy atom. The summed E-state index contributed by atoms with van der Waals surface area (Å²) in [4.78, 5) is 18.1. The van der Waals surface area contributed by atoms with Gasteiger partial charge in [-0.05, 0) is 42.8 Å². The molecule has 2 heterocycles. The summed E-state index contributed by atoms with van der Waals surface area (Å²) in [6.07, 6.45) is 1.45. The van der Waals surface area contributed by atoms with Gasteiger partial charge in [-0.2, -0.15) is 10.1 Å². The summed E-state index contributed by atoms with van der Waals surface area (Å²) in [7, 11) is 3.11. The fraction of sp³-hybridized carbons (Fsp3) is 0.179. The van der Waals surface area contributed by atoms with Crippen LogP contribution in [0.25, 0.3) is 0 Å². The molecule has 0 bridgehead atoms. The van der Waals surface area contributed by atoms with Crippen molar-refractivity contribution in [3.05, 3.63) is 100 Å². The van der Waals surface area contributed by atoms with Gasteiger partial charge in [0.25, 0.3) is 5.91 Å². The van der Waals surface area contributed by atoms with Crippen molar-refractivity contribution in [1.29, 1.82) is 0 Å². The molecule has 38 heavy (non-hydrogen) atoms. The molecule has 2 N–H and O–H groups in total. The Hall–Kier alpha value is -4.50. The number of anilines is 2. The third kappa shape index (κ3) is 5.01. The second-order valence-corrected chi connectivity index (χ2v) is 8.97. The van der Waals surface area contributed by atoms with Gasteiger partial charge in [0.1, 0.15) is 36.2 Å². The topological polar surface area (TPSA) is 99.5 Å². The standard InChI is InChI=1S/C28H26ClN5O4/c1-17-25(27(35)33-23-14-20(36-2)11-12-24(23)37-3)26(34-28(32-17)30-16-31-34)18-8-6-9-21(13-18)38-15-19-7-4-5-10-22(19)29/h4-14,16,26H,15H2,1-3H3,(H,33,35)(H,30,31,32)/t26-/m1/s1. The molecule has 0 spiro atoms. The smallest absolute Gasteiger partial charge is 0.255 e. The zero-order valence-corrected chi connectivity index (χ0v) is 21.8. The van der Waals surface area contributed by atoms with Gasteiger partial charge in [0.15, 0.2) is 0 Å². The highest BCUT2D eigenvalue weighted by molar-refractivity contribution is 6.31. The molecule has 0 saturated heterocycles. The first-order valence-electron chi connectivity index (χ1n) is 11.9. The molecule has 4 aromatic rings. The fourth-order valence-electron chi connectivity index (χ4n) is 4.35. The van der Waals surface area contributed by atoms with Gasteiger partial charge in [-0.3, -0.25) is 4.79 Å². The number of allylic oxidation sites excluding steroid dienone is 1. The number of halogens is 1. The van der Waals surface area contributed by atoms with Crippen molar-refractivity contribution >= 4 is 29.1 Å². The molecule has 1 aromatic heterocycles. The lowest BCUT2D eigenvalue weighted by Crippen LogP contribution is -2.31. The number of amides is 1. The lowest BCUT2D eigenvalue weighted by atomic mass is 9.94. The van der Waals surface area contributed by atoms with E-state index in [1.807, 2.05) is 55.5 Å². The third-order valence-corrected chi connectivity index (χ3v) is 6.59. The molecule has 10 heteroatoms. The van der Waals surface area contributed by atoms with Crippen LogP contribution in [0.5, 0.6) is 17.2 Å². The van der Waals surface area contributed by atoms with Crippen LogP contribution in [0.2, 0.25) is 5.02 Å². The van der Waals surface area contributed by atoms with Gasteiger partial charge in [-0.1, -0.05) is 41.9 Å². The Bertz CT molecular complexity index is 1520. The Morgan fingerprint density at radius 1 is 1.05 bits per heavy atom. The van der Waals surface area contributed by atoms with E-state index < -0.39 is 6.04 Å². The zero-order valence-electron chi connectivity index (χ0n) is 21.1. The molecule has 1 atom stereocenters. The lowest BCUT2D eigenvalue weighted by Gasteiger charge is -2.29.